The third-order valence-electron chi connectivity index (χ3n) is 2.65. The van der Waals surface area contributed by atoms with Crippen LogP contribution in [0.1, 0.15) is 10.4 Å². The van der Waals surface area contributed by atoms with Crippen LogP contribution in [0.2, 0.25) is 0 Å². The van der Waals surface area contributed by atoms with Crippen LogP contribution in [0, 0.1) is 0 Å². The molecule has 2 N–H and O–H groups in total. The van der Waals surface area contributed by atoms with E-state index in [1.54, 1.807) is 42.6 Å². The third-order valence-corrected chi connectivity index (χ3v) is 2.65. The van der Waals surface area contributed by atoms with E-state index in [0.717, 1.165) is 0 Å². The second kappa shape index (κ2) is 5.86. The first-order valence-electron chi connectivity index (χ1n) is 5.85. The molecule has 0 amide bonds. The molecule has 2 rings (SSSR count). The van der Waals surface area contributed by atoms with Gasteiger partial charge in [-0.1, -0.05) is 18.2 Å². The van der Waals surface area contributed by atoms with Gasteiger partial charge in [0.15, 0.2) is 0 Å². The molecule has 0 bridgehead atoms. The molecule has 0 aliphatic rings. The number of hydrogen-bond donors (Lipinski definition) is 1. The average molecular weight is 258 g/mol. The zero-order valence-corrected chi connectivity index (χ0v) is 10.3. The standard InChI is InChI=1S/C14H14N2O3/c15-12-6-2-1-5-11(12)14(18)19-10-9-16-8-4-3-7-13(16)17/h1-8H,9-10,15H2. The Kier molecular flexibility index (Phi) is 3.97. The number of pyridine rings is 1. The molecule has 1 aromatic carbocycles. The Morgan fingerprint density at radius 2 is 1.89 bits per heavy atom. The van der Waals surface area contributed by atoms with Gasteiger partial charge in [-0.15, -0.1) is 0 Å². The molecule has 0 spiro atoms. The van der Waals surface area contributed by atoms with Crippen LogP contribution in [0.5, 0.6) is 0 Å². The number of esters is 1. The number of carbonyl (C=O) groups excluding carboxylic acids is 1. The van der Waals surface area contributed by atoms with E-state index in [1.807, 2.05) is 0 Å². The molecule has 0 aliphatic heterocycles. The lowest BCUT2D eigenvalue weighted by Crippen LogP contribution is -2.21. The van der Waals surface area contributed by atoms with E-state index in [1.165, 1.54) is 10.6 Å². The Morgan fingerprint density at radius 1 is 1.16 bits per heavy atom. The summed E-state index contributed by atoms with van der Waals surface area (Å²) in [5, 5.41) is 0. The van der Waals surface area contributed by atoms with Crippen LogP contribution in [0.3, 0.4) is 0 Å². The fourth-order valence-electron chi connectivity index (χ4n) is 1.64. The van der Waals surface area contributed by atoms with Gasteiger partial charge in [0, 0.05) is 18.0 Å². The van der Waals surface area contributed by atoms with Gasteiger partial charge in [-0.3, -0.25) is 4.79 Å². The van der Waals surface area contributed by atoms with Crippen LogP contribution >= 0.6 is 0 Å². The van der Waals surface area contributed by atoms with Crippen molar-refractivity contribution in [2.24, 2.45) is 0 Å². The minimum atomic E-state index is -0.484. The molecular weight excluding hydrogens is 244 g/mol. The first-order valence-corrected chi connectivity index (χ1v) is 5.85. The van der Waals surface area contributed by atoms with E-state index in [-0.39, 0.29) is 12.2 Å². The molecule has 2 aromatic rings. The van der Waals surface area contributed by atoms with Gasteiger partial charge in [0.25, 0.3) is 5.56 Å². The molecule has 98 valence electrons. The zero-order chi connectivity index (χ0) is 13.7. The highest BCUT2D eigenvalue weighted by Gasteiger charge is 2.09. The van der Waals surface area contributed by atoms with Gasteiger partial charge in [0.1, 0.15) is 6.61 Å². The molecule has 5 nitrogen and oxygen atoms in total. The number of hydrogen-bond acceptors (Lipinski definition) is 4. The second-order valence-corrected chi connectivity index (χ2v) is 3.96. The zero-order valence-electron chi connectivity index (χ0n) is 10.3. The first-order chi connectivity index (χ1) is 9.18. The molecule has 0 unspecified atom stereocenters. The number of rotatable bonds is 4. The molecule has 0 saturated heterocycles. The molecule has 19 heavy (non-hydrogen) atoms. The largest absolute Gasteiger partial charge is 0.460 e. The predicted octanol–water partition coefficient (Wildman–Crippen LogP) is 1.29. The summed E-state index contributed by atoms with van der Waals surface area (Å²) in [6.07, 6.45) is 1.65. The molecule has 0 saturated carbocycles. The van der Waals surface area contributed by atoms with Crippen LogP contribution in [0.4, 0.5) is 5.69 Å². The minimum absolute atomic E-state index is 0.122. The van der Waals surface area contributed by atoms with Crippen molar-refractivity contribution in [2.45, 2.75) is 6.54 Å². The molecule has 0 aliphatic carbocycles. The number of carbonyl (C=O) groups is 1. The highest BCUT2D eigenvalue weighted by Crippen LogP contribution is 2.11. The monoisotopic (exact) mass is 258 g/mol. The fourth-order valence-corrected chi connectivity index (χ4v) is 1.64. The van der Waals surface area contributed by atoms with E-state index in [0.29, 0.717) is 17.8 Å². The SMILES string of the molecule is Nc1ccccc1C(=O)OCCn1ccccc1=O. The molecule has 1 heterocycles. The Labute approximate surface area is 110 Å². The van der Waals surface area contributed by atoms with Crippen LogP contribution in [-0.4, -0.2) is 17.1 Å². The fraction of sp³-hybridized carbons (Fsp3) is 0.143. The smallest absolute Gasteiger partial charge is 0.340 e. The molecule has 0 radical (unpaired) electrons. The van der Waals surface area contributed by atoms with Gasteiger partial charge in [0.05, 0.1) is 12.1 Å². The molecule has 1 aromatic heterocycles. The number of ether oxygens (including phenoxy) is 1. The minimum Gasteiger partial charge on any atom is -0.460 e. The van der Waals surface area contributed by atoms with Crippen LogP contribution < -0.4 is 11.3 Å². The van der Waals surface area contributed by atoms with Gasteiger partial charge < -0.3 is 15.0 Å². The Morgan fingerprint density at radius 3 is 2.63 bits per heavy atom. The first kappa shape index (κ1) is 12.9. The topological polar surface area (TPSA) is 74.3 Å². The lowest BCUT2D eigenvalue weighted by Gasteiger charge is -2.08. The maximum atomic E-state index is 11.8. The third kappa shape index (κ3) is 3.22. The summed E-state index contributed by atoms with van der Waals surface area (Å²) in [5.74, 6) is -0.484. The van der Waals surface area contributed by atoms with Crippen LogP contribution in [0.15, 0.2) is 53.5 Å². The van der Waals surface area contributed by atoms with Crippen molar-refractivity contribution in [3.63, 3.8) is 0 Å². The number of anilines is 1. The van der Waals surface area contributed by atoms with Crippen LogP contribution in [-0.2, 0) is 11.3 Å². The van der Waals surface area contributed by atoms with E-state index in [9.17, 15) is 9.59 Å². The Balaban J connectivity index is 1.94. The van der Waals surface area contributed by atoms with Crippen molar-refractivity contribution in [3.8, 4) is 0 Å². The van der Waals surface area contributed by atoms with E-state index in [4.69, 9.17) is 10.5 Å². The number of nitrogens with zero attached hydrogens (tertiary/aromatic N) is 1. The van der Waals surface area contributed by atoms with E-state index >= 15 is 0 Å². The quantitative estimate of drug-likeness (QED) is 0.662. The lowest BCUT2D eigenvalue weighted by molar-refractivity contribution is 0.0491. The van der Waals surface area contributed by atoms with Crippen molar-refractivity contribution in [1.29, 1.82) is 0 Å². The lowest BCUT2D eigenvalue weighted by atomic mass is 10.2. The van der Waals surface area contributed by atoms with Gasteiger partial charge >= 0.3 is 5.97 Å². The number of benzene rings is 1. The summed E-state index contributed by atoms with van der Waals surface area (Å²) in [5.41, 5.74) is 6.26. The summed E-state index contributed by atoms with van der Waals surface area (Å²) in [6.45, 7) is 0.440. The maximum absolute atomic E-state index is 11.8. The Bertz CT molecular complexity index is 634. The summed E-state index contributed by atoms with van der Waals surface area (Å²) in [6, 6.07) is 11.6. The summed E-state index contributed by atoms with van der Waals surface area (Å²) >= 11 is 0. The average Bonchev–Trinajstić information content (AvgIpc) is 2.41. The molecule has 5 heteroatoms. The molecule has 0 atom stereocenters. The second-order valence-electron chi connectivity index (χ2n) is 3.96. The normalized spacial score (nSPS) is 10.1. The van der Waals surface area contributed by atoms with Gasteiger partial charge in [-0.05, 0) is 18.2 Å². The van der Waals surface area contributed by atoms with Crippen molar-refractivity contribution in [2.75, 3.05) is 12.3 Å². The van der Waals surface area contributed by atoms with Gasteiger partial charge in [-0.2, -0.15) is 0 Å². The predicted molar refractivity (Wildman–Crippen MR) is 71.8 cm³/mol. The molecule has 0 fully saturated rings. The van der Waals surface area contributed by atoms with Gasteiger partial charge in [0.2, 0.25) is 0 Å². The van der Waals surface area contributed by atoms with Crippen molar-refractivity contribution in [1.82, 2.24) is 4.57 Å². The van der Waals surface area contributed by atoms with E-state index < -0.39 is 5.97 Å². The number of aromatic nitrogens is 1. The number of para-hydroxylation sites is 1. The van der Waals surface area contributed by atoms with E-state index in [2.05, 4.69) is 0 Å². The molecular formula is C14H14N2O3. The highest BCUT2D eigenvalue weighted by atomic mass is 16.5. The van der Waals surface area contributed by atoms with Crippen LogP contribution in [0.25, 0.3) is 0 Å². The van der Waals surface area contributed by atoms with Crippen molar-refractivity contribution in [3.05, 3.63) is 64.6 Å². The van der Waals surface area contributed by atoms with Crippen molar-refractivity contribution < 1.29 is 9.53 Å². The Hall–Kier alpha value is -2.56. The maximum Gasteiger partial charge on any atom is 0.340 e. The summed E-state index contributed by atoms with van der Waals surface area (Å²) in [4.78, 5) is 23.2. The highest BCUT2D eigenvalue weighted by molar-refractivity contribution is 5.94. The summed E-state index contributed by atoms with van der Waals surface area (Å²) < 4.78 is 6.56. The van der Waals surface area contributed by atoms with Crippen molar-refractivity contribution >= 4 is 11.7 Å². The van der Waals surface area contributed by atoms with Gasteiger partial charge in [-0.25, -0.2) is 4.79 Å². The number of nitrogens with two attached hydrogens (primary N) is 1. The summed E-state index contributed by atoms with van der Waals surface area (Å²) in [7, 11) is 0. The number of nitrogen functional groups attached to an aromatic ring is 1.